The molecule has 11 nitrogen and oxygen atoms in total. The Hall–Kier alpha value is -3.88. The summed E-state index contributed by atoms with van der Waals surface area (Å²) in [6, 6.07) is 16.4. The van der Waals surface area contributed by atoms with E-state index in [-0.39, 0.29) is 18.4 Å². The summed E-state index contributed by atoms with van der Waals surface area (Å²) < 4.78 is 24.8. The van der Waals surface area contributed by atoms with Crippen LogP contribution >= 0.6 is 23.2 Å². The van der Waals surface area contributed by atoms with Gasteiger partial charge >= 0.3 is 217 Å². The molecule has 2 aliphatic rings. The van der Waals surface area contributed by atoms with Crippen molar-refractivity contribution in [1.29, 1.82) is 5.26 Å². The van der Waals surface area contributed by atoms with E-state index in [2.05, 4.69) is 20.9 Å². The van der Waals surface area contributed by atoms with Gasteiger partial charge in [0.1, 0.15) is 0 Å². The summed E-state index contributed by atoms with van der Waals surface area (Å²) in [4.78, 5) is 35.6. The minimum atomic E-state index is -0.713. The Morgan fingerprint density at radius 2 is 1.49 bits per heavy atom. The third kappa shape index (κ3) is 8.44. The molecule has 0 bridgehead atoms. The molecule has 265 valence electrons. The number of halogens is 2. The van der Waals surface area contributed by atoms with Crippen LogP contribution in [0.1, 0.15) is 32.7 Å². The van der Waals surface area contributed by atoms with E-state index in [1.54, 1.807) is 50.7 Å². The zero-order valence-electron chi connectivity index (χ0n) is 28.4. The number of pyridine rings is 1. The quantitative estimate of drug-likeness (QED) is 0.100. The summed E-state index contributed by atoms with van der Waals surface area (Å²) in [5.74, 6) is 1.19. The van der Waals surface area contributed by atoms with E-state index in [0.29, 0.717) is 69.3 Å². The van der Waals surface area contributed by atoms with E-state index in [1.165, 1.54) is 4.90 Å². The van der Waals surface area contributed by atoms with Crippen molar-refractivity contribution in [3.05, 3.63) is 81.5 Å². The average molecular weight is 794 g/mol. The number of amides is 2. The number of methoxy groups -OCH3 is 2. The Bertz CT molecular complexity index is 1930. The van der Waals surface area contributed by atoms with E-state index < -0.39 is 15.8 Å². The number of imide groups is 1. The van der Waals surface area contributed by atoms with Gasteiger partial charge in [0.25, 0.3) is 11.8 Å². The SMILES string of the molecule is COc1cc([As]c2c(C#N)cnc3cc(OCCCN4CCN(CCOCCN5C(=O)c6ccccc6C5=O)CC4)c(OC)cc23)c(Cl)cc1Cl. The molecule has 0 spiro atoms. The number of nitriles is 1. The van der Waals surface area contributed by atoms with Gasteiger partial charge in [0.05, 0.1) is 30.9 Å². The first-order valence-electron chi connectivity index (χ1n) is 16.6. The van der Waals surface area contributed by atoms with Crippen LogP contribution in [-0.2, 0) is 4.74 Å². The first-order chi connectivity index (χ1) is 24.8. The summed E-state index contributed by atoms with van der Waals surface area (Å²) in [5.41, 5.74) is 2.11. The normalized spacial score (nSPS) is 15.2. The van der Waals surface area contributed by atoms with E-state index in [1.807, 2.05) is 18.2 Å². The van der Waals surface area contributed by atoms with Crippen LogP contribution < -0.4 is 22.9 Å². The second kappa shape index (κ2) is 17.1. The monoisotopic (exact) mass is 792 g/mol. The number of nitrogens with zero attached hydrogens (tertiary/aromatic N) is 5. The maximum atomic E-state index is 12.5. The van der Waals surface area contributed by atoms with Gasteiger partial charge in [-0.15, -0.1) is 0 Å². The van der Waals surface area contributed by atoms with Gasteiger partial charge in [-0.1, -0.05) is 12.1 Å². The molecule has 14 heteroatoms. The molecule has 51 heavy (non-hydrogen) atoms. The van der Waals surface area contributed by atoms with Gasteiger partial charge in [-0.3, -0.25) is 19.4 Å². The van der Waals surface area contributed by atoms with E-state index in [0.717, 1.165) is 59.8 Å². The Kier molecular flexibility index (Phi) is 12.4. The van der Waals surface area contributed by atoms with Crippen LogP contribution in [0.15, 0.2) is 54.7 Å². The molecule has 1 radical (unpaired) electrons. The average Bonchev–Trinajstić information content (AvgIpc) is 3.39. The molecule has 3 aromatic carbocycles. The third-order valence-electron chi connectivity index (χ3n) is 8.93. The van der Waals surface area contributed by atoms with Crippen molar-refractivity contribution >= 4 is 70.4 Å². The first-order valence-corrected chi connectivity index (χ1v) is 19.2. The molecule has 1 saturated heterocycles. The fourth-order valence-electron chi connectivity index (χ4n) is 6.14. The van der Waals surface area contributed by atoms with Gasteiger partial charge in [-0.25, -0.2) is 0 Å². The van der Waals surface area contributed by atoms with Gasteiger partial charge in [-0.05, 0) is 12.1 Å². The molecule has 0 saturated carbocycles. The summed E-state index contributed by atoms with van der Waals surface area (Å²) in [6.07, 6.45) is 2.43. The summed E-state index contributed by atoms with van der Waals surface area (Å²) in [7, 11) is 3.15. The molecule has 4 aromatic rings. The summed E-state index contributed by atoms with van der Waals surface area (Å²) in [6.45, 7) is 7.12. The molecule has 2 aliphatic heterocycles. The fraction of sp³-hybridized carbons (Fsp3) is 0.351. The number of rotatable bonds is 15. The number of benzene rings is 3. The van der Waals surface area contributed by atoms with Crippen molar-refractivity contribution in [1.82, 2.24) is 19.7 Å². The molecule has 0 aliphatic carbocycles. The molecule has 0 atom stereocenters. The van der Waals surface area contributed by atoms with Crippen molar-refractivity contribution in [3.63, 3.8) is 0 Å². The van der Waals surface area contributed by atoms with Crippen LogP contribution in [-0.4, -0.2) is 127 Å². The number of piperazine rings is 1. The number of hydrogen-bond acceptors (Lipinski definition) is 10. The zero-order chi connectivity index (χ0) is 35.9. The zero-order valence-corrected chi connectivity index (χ0v) is 31.8. The van der Waals surface area contributed by atoms with Crippen LogP contribution in [0.3, 0.4) is 0 Å². The minimum absolute atomic E-state index is 0.252. The predicted octanol–water partition coefficient (Wildman–Crippen LogP) is 3.78. The topological polar surface area (TPSA) is 117 Å². The van der Waals surface area contributed by atoms with Gasteiger partial charge < -0.3 is 4.74 Å². The summed E-state index contributed by atoms with van der Waals surface area (Å²) >= 11 is 12.1. The van der Waals surface area contributed by atoms with Gasteiger partial charge in [-0.2, -0.15) is 0 Å². The van der Waals surface area contributed by atoms with E-state index in [4.69, 9.17) is 42.1 Å². The number of ether oxygens (including phenoxy) is 4. The van der Waals surface area contributed by atoms with Crippen LogP contribution in [0, 0.1) is 11.3 Å². The predicted molar refractivity (Wildman–Crippen MR) is 197 cm³/mol. The Labute approximate surface area is 313 Å². The van der Waals surface area contributed by atoms with Crippen LogP contribution in [0.2, 0.25) is 10.0 Å². The number of fused-ring (bicyclic) bond motifs is 2. The molecule has 2 amide bonds. The van der Waals surface area contributed by atoms with E-state index >= 15 is 0 Å². The molecule has 6 rings (SSSR count). The van der Waals surface area contributed by atoms with Gasteiger partial charge in [0.2, 0.25) is 0 Å². The second-order valence-electron chi connectivity index (χ2n) is 12.0. The van der Waals surface area contributed by atoms with Gasteiger partial charge in [0, 0.05) is 6.54 Å². The number of carbonyl (C=O) groups is 2. The fourth-order valence-corrected chi connectivity index (χ4v) is 9.18. The Morgan fingerprint density at radius 1 is 0.824 bits per heavy atom. The number of aromatic nitrogens is 1. The molecule has 3 heterocycles. The molecular weight excluding hydrogens is 756 g/mol. The first kappa shape index (κ1) is 36.9. The van der Waals surface area contributed by atoms with Crippen molar-refractivity contribution < 1.29 is 28.5 Å². The van der Waals surface area contributed by atoms with Crippen LogP contribution in [0.5, 0.6) is 17.2 Å². The van der Waals surface area contributed by atoms with Crippen molar-refractivity contribution in [2.45, 2.75) is 6.42 Å². The maximum absolute atomic E-state index is 12.5. The van der Waals surface area contributed by atoms with Crippen molar-refractivity contribution in [2.75, 3.05) is 79.9 Å². The number of carbonyl (C=O) groups excluding carboxylic acids is 2. The van der Waals surface area contributed by atoms with E-state index in [9.17, 15) is 14.9 Å². The molecule has 0 unspecified atom stereocenters. The second-order valence-corrected chi connectivity index (χ2v) is 15.2. The van der Waals surface area contributed by atoms with Crippen LogP contribution in [0.4, 0.5) is 0 Å². The molecule has 0 N–H and O–H groups in total. The van der Waals surface area contributed by atoms with Crippen LogP contribution in [0.25, 0.3) is 10.9 Å². The van der Waals surface area contributed by atoms with Crippen molar-refractivity contribution in [3.8, 4) is 23.3 Å². The Morgan fingerprint density at radius 3 is 2.16 bits per heavy atom. The third-order valence-corrected chi connectivity index (χ3v) is 12.6. The standard InChI is InChI=1S/C37H37AsCl2N5O6/c1-48-32-19-28(29(39)20-30(32)40)38-35-24(22-41)23-42-31-21-34(33(49-2)18-27(31)35)51-15-5-8-43-9-11-44(12-10-43)13-16-50-17-14-45-36(46)25-6-3-4-7-26(25)37(45)47/h3-4,6-7,18-21,23H,5,8-17H2,1-2H3. The number of hydrogen-bond donors (Lipinski definition) is 0. The summed E-state index contributed by atoms with van der Waals surface area (Å²) in [5, 5.41) is 11.7. The van der Waals surface area contributed by atoms with Gasteiger partial charge in [0.15, 0.2) is 0 Å². The molecule has 1 aromatic heterocycles. The van der Waals surface area contributed by atoms with Crippen molar-refractivity contribution in [2.24, 2.45) is 0 Å². The molecule has 1 fully saturated rings. The molecular formula is C37H37AsCl2N5O6. The Balaban J connectivity index is 0.948.